The van der Waals surface area contributed by atoms with E-state index in [1.165, 1.54) is 5.69 Å². The molecule has 1 atom stereocenters. The number of rotatable bonds is 3. The van der Waals surface area contributed by atoms with Crippen molar-refractivity contribution in [3.8, 4) is 0 Å². The third-order valence-electron chi connectivity index (χ3n) is 2.97. The van der Waals surface area contributed by atoms with Gasteiger partial charge in [-0.1, -0.05) is 11.6 Å². The van der Waals surface area contributed by atoms with Crippen LogP contribution in [-0.4, -0.2) is 37.4 Å². The van der Waals surface area contributed by atoms with Crippen LogP contribution in [-0.2, 0) is 0 Å². The van der Waals surface area contributed by atoms with E-state index in [2.05, 4.69) is 10.2 Å². The molecule has 0 spiro atoms. The number of aliphatic hydroxyl groups excluding tert-OH is 1. The minimum Gasteiger partial charge on any atom is -0.396 e. The van der Waals surface area contributed by atoms with Crippen molar-refractivity contribution in [1.82, 2.24) is 5.32 Å². The second-order valence-corrected chi connectivity index (χ2v) is 4.48. The van der Waals surface area contributed by atoms with Gasteiger partial charge in [0.05, 0.1) is 0 Å². The Morgan fingerprint density at radius 1 is 1.38 bits per heavy atom. The number of aliphatic hydroxyl groups is 1. The molecule has 1 aliphatic heterocycles. The molecular formula is C12H17ClN2O. The van der Waals surface area contributed by atoms with Gasteiger partial charge in [-0.2, -0.15) is 0 Å². The van der Waals surface area contributed by atoms with Gasteiger partial charge in [-0.3, -0.25) is 0 Å². The minimum absolute atomic E-state index is 0.233. The summed E-state index contributed by atoms with van der Waals surface area (Å²) >= 11 is 5.88. The molecule has 1 unspecified atom stereocenters. The summed E-state index contributed by atoms with van der Waals surface area (Å²) in [4.78, 5) is 2.34. The molecule has 4 heteroatoms. The monoisotopic (exact) mass is 240 g/mol. The Kier molecular flexibility index (Phi) is 4.04. The first-order valence-electron chi connectivity index (χ1n) is 5.65. The van der Waals surface area contributed by atoms with Crippen molar-refractivity contribution in [1.29, 1.82) is 0 Å². The zero-order chi connectivity index (χ0) is 11.4. The zero-order valence-corrected chi connectivity index (χ0v) is 9.95. The maximum Gasteiger partial charge on any atom is 0.0451 e. The standard InChI is InChI=1S/C12H17ClN2O/c13-10-1-3-11(4-2-10)15-7-6-14-9-12(15)5-8-16/h1-4,12,14,16H,5-9H2. The molecule has 0 aliphatic carbocycles. The molecule has 1 saturated heterocycles. The first-order valence-corrected chi connectivity index (χ1v) is 6.03. The fourth-order valence-corrected chi connectivity index (χ4v) is 2.27. The van der Waals surface area contributed by atoms with Gasteiger partial charge in [0.1, 0.15) is 0 Å². The Labute approximate surface area is 101 Å². The molecule has 0 bridgehead atoms. The van der Waals surface area contributed by atoms with E-state index in [-0.39, 0.29) is 6.61 Å². The lowest BCUT2D eigenvalue weighted by molar-refractivity contribution is 0.266. The lowest BCUT2D eigenvalue weighted by Crippen LogP contribution is -2.51. The number of halogens is 1. The molecule has 0 aromatic heterocycles. The van der Waals surface area contributed by atoms with Gasteiger partial charge in [-0.15, -0.1) is 0 Å². The first-order chi connectivity index (χ1) is 7.81. The second-order valence-electron chi connectivity index (χ2n) is 4.04. The van der Waals surface area contributed by atoms with Crippen molar-refractivity contribution < 1.29 is 5.11 Å². The topological polar surface area (TPSA) is 35.5 Å². The lowest BCUT2D eigenvalue weighted by atomic mass is 10.1. The molecule has 1 fully saturated rings. The number of nitrogens with zero attached hydrogens (tertiary/aromatic N) is 1. The lowest BCUT2D eigenvalue weighted by Gasteiger charge is -2.37. The van der Waals surface area contributed by atoms with Gasteiger partial charge in [-0.25, -0.2) is 0 Å². The highest BCUT2D eigenvalue weighted by Crippen LogP contribution is 2.21. The SMILES string of the molecule is OCCC1CNCCN1c1ccc(Cl)cc1. The molecule has 1 heterocycles. The van der Waals surface area contributed by atoms with Gasteiger partial charge >= 0.3 is 0 Å². The van der Waals surface area contributed by atoms with Crippen molar-refractivity contribution in [2.45, 2.75) is 12.5 Å². The summed E-state index contributed by atoms with van der Waals surface area (Å²) < 4.78 is 0. The Morgan fingerprint density at radius 2 is 2.12 bits per heavy atom. The first kappa shape index (κ1) is 11.7. The third-order valence-corrected chi connectivity index (χ3v) is 3.22. The summed E-state index contributed by atoms with van der Waals surface area (Å²) in [5, 5.41) is 13.2. The van der Waals surface area contributed by atoms with Crippen LogP contribution < -0.4 is 10.2 Å². The van der Waals surface area contributed by atoms with Gasteiger partial charge in [0, 0.05) is 43.0 Å². The van der Waals surface area contributed by atoms with Crippen molar-refractivity contribution in [3.05, 3.63) is 29.3 Å². The molecule has 0 amide bonds. The summed E-state index contributed by atoms with van der Waals surface area (Å²) in [6.45, 7) is 3.14. The average Bonchev–Trinajstić information content (AvgIpc) is 2.32. The molecule has 3 nitrogen and oxygen atoms in total. The Balaban J connectivity index is 2.13. The molecule has 1 aliphatic rings. The van der Waals surface area contributed by atoms with E-state index in [9.17, 15) is 0 Å². The normalized spacial score (nSPS) is 21.1. The largest absolute Gasteiger partial charge is 0.396 e. The smallest absolute Gasteiger partial charge is 0.0451 e. The fourth-order valence-electron chi connectivity index (χ4n) is 2.14. The van der Waals surface area contributed by atoms with Crippen LogP contribution in [0.2, 0.25) is 5.02 Å². The average molecular weight is 241 g/mol. The third kappa shape index (κ3) is 2.67. The molecule has 16 heavy (non-hydrogen) atoms. The van der Waals surface area contributed by atoms with Gasteiger partial charge in [0.25, 0.3) is 0 Å². The van der Waals surface area contributed by atoms with Crippen LogP contribution in [0.1, 0.15) is 6.42 Å². The van der Waals surface area contributed by atoms with Crippen LogP contribution in [0.3, 0.4) is 0 Å². The number of nitrogens with one attached hydrogen (secondary N) is 1. The Morgan fingerprint density at radius 3 is 2.81 bits per heavy atom. The van der Waals surface area contributed by atoms with E-state index in [0.717, 1.165) is 31.1 Å². The summed E-state index contributed by atoms with van der Waals surface area (Å²) in [5.74, 6) is 0. The predicted molar refractivity (Wildman–Crippen MR) is 67.2 cm³/mol. The van der Waals surface area contributed by atoms with E-state index in [4.69, 9.17) is 16.7 Å². The van der Waals surface area contributed by atoms with Crippen LogP contribution in [0.25, 0.3) is 0 Å². The summed E-state index contributed by atoms with van der Waals surface area (Å²) in [6, 6.07) is 8.28. The van der Waals surface area contributed by atoms with Gasteiger partial charge in [-0.05, 0) is 30.7 Å². The minimum atomic E-state index is 0.233. The zero-order valence-electron chi connectivity index (χ0n) is 9.19. The van der Waals surface area contributed by atoms with Gasteiger partial charge in [0.2, 0.25) is 0 Å². The van der Waals surface area contributed by atoms with Crippen molar-refractivity contribution in [3.63, 3.8) is 0 Å². The maximum atomic E-state index is 9.05. The van der Waals surface area contributed by atoms with E-state index in [0.29, 0.717) is 6.04 Å². The molecule has 1 aromatic carbocycles. The Hall–Kier alpha value is -0.770. The molecule has 2 rings (SSSR count). The number of hydrogen-bond donors (Lipinski definition) is 2. The molecule has 2 N–H and O–H groups in total. The molecule has 0 saturated carbocycles. The fraction of sp³-hybridized carbons (Fsp3) is 0.500. The summed E-state index contributed by atoms with van der Waals surface area (Å²) in [5.41, 5.74) is 1.18. The van der Waals surface area contributed by atoms with E-state index in [1.54, 1.807) is 0 Å². The van der Waals surface area contributed by atoms with Crippen LogP contribution in [0.4, 0.5) is 5.69 Å². The quantitative estimate of drug-likeness (QED) is 0.841. The van der Waals surface area contributed by atoms with Crippen molar-refractivity contribution in [2.75, 3.05) is 31.1 Å². The van der Waals surface area contributed by atoms with Crippen LogP contribution >= 0.6 is 11.6 Å². The number of piperazine rings is 1. The number of anilines is 1. The second kappa shape index (κ2) is 5.53. The van der Waals surface area contributed by atoms with Crippen LogP contribution in [0.15, 0.2) is 24.3 Å². The van der Waals surface area contributed by atoms with E-state index in [1.807, 2.05) is 24.3 Å². The van der Waals surface area contributed by atoms with E-state index < -0.39 is 0 Å². The number of benzene rings is 1. The molecule has 88 valence electrons. The summed E-state index contributed by atoms with van der Waals surface area (Å²) in [6.07, 6.45) is 0.801. The highest BCUT2D eigenvalue weighted by Gasteiger charge is 2.21. The predicted octanol–water partition coefficient (Wildman–Crippen LogP) is 1.50. The highest BCUT2D eigenvalue weighted by atomic mass is 35.5. The Bertz CT molecular complexity index is 326. The van der Waals surface area contributed by atoms with E-state index >= 15 is 0 Å². The van der Waals surface area contributed by atoms with Crippen LogP contribution in [0.5, 0.6) is 0 Å². The van der Waals surface area contributed by atoms with Gasteiger partial charge < -0.3 is 15.3 Å². The maximum absolute atomic E-state index is 9.05. The summed E-state index contributed by atoms with van der Waals surface area (Å²) in [7, 11) is 0. The van der Waals surface area contributed by atoms with Crippen molar-refractivity contribution >= 4 is 17.3 Å². The van der Waals surface area contributed by atoms with Crippen LogP contribution in [0, 0.1) is 0 Å². The van der Waals surface area contributed by atoms with Gasteiger partial charge in [0.15, 0.2) is 0 Å². The number of hydrogen-bond acceptors (Lipinski definition) is 3. The molecular weight excluding hydrogens is 224 g/mol. The highest BCUT2D eigenvalue weighted by molar-refractivity contribution is 6.30. The molecule has 0 radical (unpaired) electrons. The van der Waals surface area contributed by atoms with Crippen molar-refractivity contribution in [2.24, 2.45) is 0 Å². The molecule has 1 aromatic rings.